The lowest BCUT2D eigenvalue weighted by Crippen LogP contribution is -2.35. The predicted molar refractivity (Wildman–Crippen MR) is 69.9 cm³/mol. The van der Waals surface area contributed by atoms with Gasteiger partial charge in [0.25, 0.3) is 5.91 Å². The topological polar surface area (TPSA) is 46.3 Å². The van der Waals surface area contributed by atoms with Crippen LogP contribution in [0.3, 0.4) is 0 Å². The van der Waals surface area contributed by atoms with Gasteiger partial charge in [0.05, 0.1) is 0 Å². The second-order valence-corrected chi connectivity index (χ2v) is 4.64. The lowest BCUT2D eigenvalue weighted by atomic mass is 10.1. The molecule has 0 aliphatic carbocycles. The molecule has 1 aliphatic rings. The number of hydrogen-bond donors (Lipinski definition) is 1. The molecule has 0 saturated carbocycles. The van der Waals surface area contributed by atoms with Crippen molar-refractivity contribution in [2.24, 2.45) is 0 Å². The van der Waals surface area contributed by atoms with E-state index in [2.05, 4.69) is 13.0 Å². The first-order valence-electron chi connectivity index (χ1n) is 5.89. The number of benzene rings is 1. The Kier molecular flexibility index (Phi) is 3.18. The number of rotatable bonds is 1. The van der Waals surface area contributed by atoms with E-state index in [-0.39, 0.29) is 5.91 Å². The summed E-state index contributed by atoms with van der Waals surface area (Å²) in [7, 11) is 0. The van der Waals surface area contributed by atoms with Crippen LogP contribution in [0.1, 0.15) is 29.3 Å². The Morgan fingerprint density at radius 1 is 1.35 bits per heavy atom. The number of carbonyl (C=O) groups is 1. The highest BCUT2D eigenvalue weighted by Crippen LogP contribution is 2.17. The van der Waals surface area contributed by atoms with Gasteiger partial charge in [-0.3, -0.25) is 4.79 Å². The zero-order valence-corrected chi connectivity index (χ0v) is 10.4. The van der Waals surface area contributed by atoms with Crippen LogP contribution in [0.4, 0.5) is 5.69 Å². The van der Waals surface area contributed by atoms with Crippen LogP contribution >= 0.6 is 0 Å². The third-order valence-electron chi connectivity index (χ3n) is 3.14. The average Bonchev–Trinajstić information content (AvgIpc) is 2.32. The molecule has 1 amide bonds. The zero-order chi connectivity index (χ0) is 12.4. The highest BCUT2D eigenvalue weighted by molar-refractivity contribution is 5.95. The molecule has 90 valence electrons. The first-order chi connectivity index (χ1) is 8.08. The summed E-state index contributed by atoms with van der Waals surface area (Å²) < 4.78 is 0. The molecule has 2 N–H and O–H groups in total. The molecule has 3 nitrogen and oxygen atoms in total. The van der Waals surface area contributed by atoms with Crippen LogP contribution in [0.2, 0.25) is 0 Å². The number of nitrogens with zero attached hydrogens (tertiary/aromatic N) is 1. The lowest BCUT2D eigenvalue weighted by Gasteiger charge is -2.26. The van der Waals surface area contributed by atoms with Gasteiger partial charge in [-0.25, -0.2) is 0 Å². The average molecular weight is 230 g/mol. The van der Waals surface area contributed by atoms with E-state index < -0.39 is 0 Å². The second kappa shape index (κ2) is 4.62. The minimum atomic E-state index is 0.0977. The maximum Gasteiger partial charge on any atom is 0.254 e. The number of nitrogens with two attached hydrogens (primary N) is 1. The fraction of sp³-hybridized carbons (Fsp3) is 0.357. The van der Waals surface area contributed by atoms with Crippen molar-refractivity contribution < 1.29 is 4.79 Å². The van der Waals surface area contributed by atoms with Crippen molar-refractivity contribution in [1.82, 2.24) is 4.90 Å². The van der Waals surface area contributed by atoms with Gasteiger partial charge >= 0.3 is 0 Å². The SMILES string of the molecule is CC1=CCCN(C(=O)c2ccc(N)c(C)c2)C1. The molecule has 2 rings (SSSR count). The van der Waals surface area contributed by atoms with Gasteiger partial charge < -0.3 is 10.6 Å². The van der Waals surface area contributed by atoms with Gasteiger partial charge in [0.1, 0.15) is 0 Å². The summed E-state index contributed by atoms with van der Waals surface area (Å²) in [6, 6.07) is 5.47. The van der Waals surface area contributed by atoms with Gasteiger partial charge in [-0.1, -0.05) is 11.6 Å². The molecule has 1 heterocycles. The van der Waals surface area contributed by atoms with Gasteiger partial charge in [-0.15, -0.1) is 0 Å². The fourth-order valence-electron chi connectivity index (χ4n) is 2.08. The van der Waals surface area contributed by atoms with E-state index in [9.17, 15) is 4.79 Å². The van der Waals surface area contributed by atoms with E-state index in [0.717, 1.165) is 36.3 Å². The fourth-order valence-corrected chi connectivity index (χ4v) is 2.08. The summed E-state index contributed by atoms with van der Waals surface area (Å²) in [5.41, 5.74) is 9.44. The number of nitrogen functional groups attached to an aromatic ring is 1. The minimum Gasteiger partial charge on any atom is -0.399 e. The quantitative estimate of drug-likeness (QED) is 0.594. The van der Waals surface area contributed by atoms with E-state index in [0.29, 0.717) is 0 Å². The molecular formula is C14H18N2O. The Labute approximate surface area is 102 Å². The molecule has 1 aliphatic heterocycles. The molecule has 17 heavy (non-hydrogen) atoms. The molecule has 1 aromatic rings. The van der Waals surface area contributed by atoms with Gasteiger partial charge in [-0.05, 0) is 44.0 Å². The number of anilines is 1. The maximum atomic E-state index is 12.3. The predicted octanol–water partition coefficient (Wildman–Crippen LogP) is 2.37. The number of carbonyl (C=O) groups excluding carboxylic acids is 1. The minimum absolute atomic E-state index is 0.0977. The summed E-state index contributed by atoms with van der Waals surface area (Å²) in [6.45, 7) is 5.53. The van der Waals surface area contributed by atoms with Gasteiger partial charge in [0.2, 0.25) is 0 Å². The highest BCUT2D eigenvalue weighted by Gasteiger charge is 2.18. The normalized spacial score (nSPS) is 15.6. The molecule has 0 saturated heterocycles. The Morgan fingerprint density at radius 3 is 2.76 bits per heavy atom. The molecule has 0 bridgehead atoms. The van der Waals surface area contributed by atoms with Crippen molar-refractivity contribution in [2.75, 3.05) is 18.8 Å². The second-order valence-electron chi connectivity index (χ2n) is 4.64. The molecular weight excluding hydrogens is 212 g/mol. The van der Waals surface area contributed by atoms with Crippen LogP contribution < -0.4 is 5.73 Å². The van der Waals surface area contributed by atoms with Gasteiger partial charge in [-0.2, -0.15) is 0 Å². The Hall–Kier alpha value is -1.77. The summed E-state index contributed by atoms with van der Waals surface area (Å²) in [5, 5.41) is 0. The van der Waals surface area contributed by atoms with E-state index in [1.54, 1.807) is 12.1 Å². The van der Waals surface area contributed by atoms with Gasteiger partial charge in [0.15, 0.2) is 0 Å². The molecule has 0 radical (unpaired) electrons. The molecule has 0 atom stereocenters. The van der Waals surface area contributed by atoms with Crippen molar-refractivity contribution in [3.63, 3.8) is 0 Å². The first-order valence-corrected chi connectivity index (χ1v) is 5.89. The van der Waals surface area contributed by atoms with Crippen LogP contribution in [-0.4, -0.2) is 23.9 Å². The van der Waals surface area contributed by atoms with Crippen LogP contribution in [0.5, 0.6) is 0 Å². The van der Waals surface area contributed by atoms with Crippen LogP contribution in [-0.2, 0) is 0 Å². The Bertz CT molecular complexity index is 477. The summed E-state index contributed by atoms with van der Waals surface area (Å²) >= 11 is 0. The van der Waals surface area contributed by atoms with E-state index in [1.807, 2.05) is 17.9 Å². The number of hydrogen-bond acceptors (Lipinski definition) is 2. The van der Waals surface area contributed by atoms with Crippen molar-refractivity contribution in [3.8, 4) is 0 Å². The van der Waals surface area contributed by atoms with Gasteiger partial charge in [0, 0.05) is 24.3 Å². The van der Waals surface area contributed by atoms with Crippen LogP contribution in [0.25, 0.3) is 0 Å². The van der Waals surface area contributed by atoms with E-state index in [4.69, 9.17) is 5.73 Å². The number of aryl methyl sites for hydroxylation is 1. The molecule has 3 heteroatoms. The molecule has 0 aromatic heterocycles. The third-order valence-corrected chi connectivity index (χ3v) is 3.14. The maximum absolute atomic E-state index is 12.3. The largest absolute Gasteiger partial charge is 0.399 e. The third kappa shape index (κ3) is 2.49. The van der Waals surface area contributed by atoms with E-state index >= 15 is 0 Å². The zero-order valence-electron chi connectivity index (χ0n) is 10.4. The smallest absolute Gasteiger partial charge is 0.254 e. The summed E-state index contributed by atoms with van der Waals surface area (Å²) in [4.78, 5) is 14.2. The van der Waals surface area contributed by atoms with Crippen molar-refractivity contribution in [1.29, 1.82) is 0 Å². The Morgan fingerprint density at radius 2 is 2.12 bits per heavy atom. The van der Waals surface area contributed by atoms with Crippen molar-refractivity contribution in [2.45, 2.75) is 20.3 Å². The summed E-state index contributed by atoms with van der Waals surface area (Å²) in [6.07, 6.45) is 3.14. The molecule has 0 unspecified atom stereocenters. The van der Waals surface area contributed by atoms with Crippen molar-refractivity contribution in [3.05, 3.63) is 41.0 Å². The highest BCUT2D eigenvalue weighted by atomic mass is 16.2. The van der Waals surface area contributed by atoms with Crippen LogP contribution in [0, 0.1) is 6.92 Å². The molecule has 1 aromatic carbocycles. The molecule has 0 fully saturated rings. The van der Waals surface area contributed by atoms with Crippen LogP contribution in [0.15, 0.2) is 29.8 Å². The standard InChI is InChI=1S/C14H18N2O/c1-10-4-3-7-16(9-10)14(17)12-5-6-13(15)11(2)8-12/h4-6,8H,3,7,9,15H2,1-2H3. The first kappa shape index (κ1) is 11.7. The molecule has 0 spiro atoms. The van der Waals surface area contributed by atoms with E-state index in [1.165, 1.54) is 5.57 Å². The lowest BCUT2D eigenvalue weighted by molar-refractivity contribution is 0.0766. The summed E-state index contributed by atoms with van der Waals surface area (Å²) in [5.74, 6) is 0.0977. The monoisotopic (exact) mass is 230 g/mol. The van der Waals surface area contributed by atoms with Crippen molar-refractivity contribution >= 4 is 11.6 Å². The Balaban J connectivity index is 2.19. The number of amides is 1.